The summed E-state index contributed by atoms with van der Waals surface area (Å²) in [4.78, 5) is 15.4. The molecule has 0 spiro atoms. The standard InChI is InChI=1S/C16H13N3O2/c17-13-11-8-4-5-9-12(11)15(19-16(20)21)18-14(13)10-6-2-1-3-7-10/h1-9H,17H2,(H,18,19)(H,20,21). The Kier molecular flexibility index (Phi) is 3.16. The Balaban J connectivity index is 2.31. The summed E-state index contributed by atoms with van der Waals surface area (Å²) < 4.78 is 0. The second-order valence-corrected chi connectivity index (χ2v) is 4.56. The minimum Gasteiger partial charge on any atom is -0.465 e. The molecule has 5 heteroatoms. The summed E-state index contributed by atoms with van der Waals surface area (Å²) >= 11 is 0. The fourth-order valence-electron chi connectivity index (χ4n) is 2.30. The van der Waals surface area contributed by atoms with E-state index in [9.17, 15) is 4.79 Å². The molecule has 2 aromatic carbocycles. The number of nitrogen functional groups attached to an aromatic ring is 1. The van der Waals surface area contributed by atoms with Gasteiger partial charge < -0.3 is 10.8 Å². The van der Waals surface area contributed by atoms with Crippen LogP contribution in [0.1, 0.15) is 0 Å². The normalized spacial score (nSPS) is 10.5. The Morgan fingerprint density at radius 3 is 2.29 bits per heavy atom. The third kappa shape index (κ3) is 2.36. The van der Waals surface area contributed by atoms with Crippen molar-refractivity contribution in [1.82, 2.24) is 4.98 Å². The summed E-state index contributed by atoms with van der Waals surface area (Å²) in [5, 5.41) is 12.8. The molecule has 0 aliphatic rings. The molecule has 0 saturated carbocycles. The summed E-state index contributed by atoms with van der Waals surface area (Å²) in [6, 6.07) is 16.8. The number of carboxylic acid groups (broad SMARTS) is 1. The maximum atomic E-state index is 11.0. The van der Waals surface area contributed by atoms with E-state index in [1.54, 1.807) is 6.07 Å². The van der Waals surface area contributed by atoms with E-state index in [0.29, 0.717) is 16.8 Å². The fourth-order valence-corrected chi connectivity index (χ4v) is 2.30. The number of nitrogens with zero attached hydrogens (tertiary/aromatic N) is 1. The Morgan fingerprint density at radius 1 is 1.00 bits per heavy atom. The predicted octanol–water partition coefficient (Wildman–Crippen LogP) is 3.57. The molecule has 0 bridgehead atoms. The highest BCUT2D eigenvalue weighted by atomic mass is 16.4. The third-order valence-electron chi connectivity index (χ3n) is 3.22. The topological polar surface area (TPSA) is 88.2 Å². The molecule has 0 aliphatic carbocycles. The van der Waals surface area contributed by atoms with Crippen LogP contribution in [0.15, 0.2) is 54.6 Å². The smallest absolute Gasteiger partial charge is 0.410 e. The monoisotopic (exact) mass is 279 g/mol. The van der Waals surface area contributed by atoms with Gasteiger partial charge in [0.05, 0.1) is 11.4 Å². The number of anilines is 2. The zero-order chi connectivity index (χ0) is 14.8. The van der Waals surface area contributed by atoms with Crippen LogP contribution in [0.5, 0.6) is 0 Å². The number of fused-ring (bicyclic) bond motifs is 1. The summed E-state index contributed by atoms with van der Waals surface area (Å²) in [7, 11) is 0. The first-order valence-corrected chi connectivity index (χ1v) is 6.40. The third-order valence-corrected chi connectivity index (χ3v) is 3.22. The van der Waals surface area contributed by atoms with E-state index in [0.717, 1.165) is 10.9 Å². The van der Waals surface area contributed by atoms with Crippen LogP contribution in [0.3, 0.4) is 0 Å². The second-order valence-electron chi connectivity index (χ2n) is 4.56. The molecule has 0 aliphatic heterocycles. The number of hydrogen-bond donors (Lipinski definition) is 3. The van der Waals surface area contributed by atoms with Crippen molar-refractivity contribution in [1.29, 1.82) is 0 Å². The molecule has 0 saturated heterocycles. The van der Waals surface area contributed by atoms with Gasteiger partial charge in [0.1, 0.15) is 5.82 Å². The van der Waals surface area contributed by atoms with Crippen molar-refractivity contribution in [2.24, 2.45) is 0 Å². The molecular formula is C16H13N3O2. The van der Waals surface area contributed by atoms with Crippen molar-refractivity contribution in [3.8, 4) is 11.3 Å². The molecular weight excluding hydrogens is 266 g/mol. The summed E-state index contributed by atoms with van der Waals surface area (Å²) in [5.41, 5.74) is 8.16. The number of rotatable bonds is 2. The minimum absolute atomic E-state index is 0.283. The molecule has 1 amide bonds. The first kappa shape index (κ1) is 12.9. The van der Waals surface area contributed by atoms with Gasteiger partial charge in [0.2, 0.25) is 0 Å². The molecule has 5 nitrogen and oxygen atoms in total. The van der Waals surface area contributed by atoms with Gasteiger partial charge in [-0.2, -0.15) is 0 Å². The fraction of sp³-hybridized carbons (Fsp3) is 0. The zero-order valence-electron chi connectivity index (χ0n) is 11.1. The van der Waals surface area contributed by atoms with Gasteiger partial charge in [-0.25, -0.2) is 9.78 Å². The molecule has 1 aromatic heterocycles. The Morgan fingerprint density at radius 2 is 1.62 bits per heavy atom. The first-order chi connectivity index (χ1) is 10.2. The lowest BCUT2D eigenvalue weighted by atomic mass is 10.0. The van der Waals surface area contributed by atoms with Crippen LogP contribution in [0.25, 0.3) is 22.0 Å². The van der Waals surface area contributed by atoms with Gasteiger partial charge in [-0.1, -0.05) is 54.6 Å². The van der Waals surface area contributed by atoms with Gasteiger partial charge in [-0.15, -0.1) is 0 Å². The summed E-state index contributed by atoms with van der Waals surface area (Å²) in [5.74, 6) is 0.283. The van der Waals surface area contributed by atoms with E-state index < -0.39 is 6.09 Å². The van der Waals surface area contributed by atoms with E-state index in [1.165, 1.54) is 0 Å². The van der Waals surface area contributed by atoms with E-state index >= 15 is 0 Å². The maximum Gasteiger partial charge on any atom is 0.410 e. The molecule has 0 atom stereocenters. The number of carbonyl (C=O) groups is 1. The number of benzene rings is 2. The number of pyridine rings is 1. The van der Waals surface area contributed by atoms with Crippen molar-refractivity contribution in [3.63, 3.8) is 0 Å². The van der Waals surface area contributed by atoms with Gasteiger partial charge in [-0.3, -0.25) is 5.32 Å². The van der Waals surface area contributed by atoms with Crippen LogP contribution in [-0.4, -0.2) is 16.2 Å². The van der Waals surface area contributed by atoms with Crippen LogP contribution < -0.4 is 11.1 Å². The van der Waals surface area contributed by atoms with Crippen molar-refractivity contribution in [2.75, 3.05) is 11.1 Å². The Labute approximate surface area is 121 Å². The highest BCUT2D eigenvalue weighted by Gasteiger charge is 2.14. The van der Waals surface area contributed by atoms with Crippen molar-refractivity contribution in [2.45, 2.75) is 0 Å². The molecule has 3 rings (SSSR count). The van der Waals surface area contributed by atoms with Crippen molar-refractivity contribution < 1.29 is 9.90 Å². The first-order valence-electron chi connectivity index (χ1n) is 6.40. The number of nitrogens with one attached hydrogen (secondary N) is 1. The zero-order valence-corrected chi connectivity index (χ0v) is 11.1. The molecule has 0 radical (unpaired) electrons. The Hall–Kier alpha value is -3.08. The molecule has 104 valence electrons. The van der Waals surface area contributed by atoms with E-state index in [1.807, 2.05) is 48.5 Å². The average Bonchev–Trinajstić information content (AvgIpc) is 2.51. The lowest BCUT2D eigenvalue weighted by Crippen LogP contribution is -2.10. The van der Waals surface area contributed by atoms with Crippen LogP contribution in [0, 0.1) is 0 Å². The van der Waals surface area contributed by atoms with Gasteiger partial charge >= 0.3 is 6.09 Å². The van der Waals surface area contributed by atoms with Crippen molar-refractivity contribution in [3.05, 3.63) is 54.6 Å². The molecule has 1 heterocycles. The molecule has 4 N–H and O–H groups in total. The van der Waals surface area contributed by atoms with E-state index in [-0.39, 0.29) is 5.82 Å². The highest BCUT2D eigenvalue weighted by Crippen LogP contribution is 2.34. The largest absolute Gasteiger partial charge is 0.465 e. The lowest BCUT2D eigenvalue weighted by Gasteiger charge is -2.12. The number of nitrogens with two attached hydrogens (primary N) is 1. The maximum absolute atomic E-state index is 11.0. The molecule has 3 aromatic rings. The average molecular weight is 279 g/mol. The second kappa shape index (κ2) is 5.13. The van der Waals surface area contributed by atoms with Gasteiger partial charge in [-0.05, 0) is 0 Å². The SMILES string of the molecule is Nc1c(-c2ccccc2)nc(NC(=O)O)c2ccccc12. The van der Waals surface area contributed by atoms with Crippen LogP contribution in [0.4, 0.5) is 16.3 Å². The van der Waals surface area contributed by atoms with E-state index in [2.05, 4.69) is 10.3 Å². The van der Waals surface area contributed by atoms with Gasteiger partial charge in [0, 0.05) is 16.3 Å². The number of aromatic nitrogens is 1. The van der Waals surface area contributed by atoms with Crippen molar-refractivity contribution >= 4 is 28.4 Å². The van der Waals surface area contributed by atoms with Gasteiger partial charge in [0.15, 0.2) is 0 Å². The van der Waals surface area contributed by atoms with Crippen LogP contribution in [-0.2, 0) is 0 Å². The molecule has 0 fully saturated rings. The van der Waals surface area contributed by atoms with E-state index in [4.69, 9.17) is 10.8 Å². The van der Waals surface area contributed by atoms with Crippen LogP contribution in [0.2, 0.25) is 0 Å². The Bertz CT molecular complexity index is 816. The minimum atomic E-state index is -1.16. The molecule has 21 heavy (non-hydrogen) atoms. The predicted molar refractivity (Wildman–Crippen MR) is 83.2 cm³/mol. The summed E-state index contributed by atoms with van der Waals surface area (Å²) in [6.07, 6.45) is -1.16. The van der Waals surface area contributed by atoms with Crippen LogP contribution >= 0.6 is 0 Å². The number of hydrogen-bond acceptors (Lipinski definition) is 3. The molecule has 0 unspecified atom stereocenters. The quantitative estimate of drug-likeness (QED) is 0.669. The summed E-state index contributed by atoms with van der Waals surface area (Å²) in [6.45, 7) is 0. The van der Waals surface area contributed by atoms with Gasteiger partial charge in [0.25, 0.3) is 0 Å². The number of amides is 1. The highest BCUT2D eigenvalue weighted by molar-refractivity contribution is 6.06. The lowest BCUT2D eigenvalue weighted by molar-refractivity contribution is 0.209.